The van der Waals surface area contributed by atoms with Crippen LogP contribution in [0.25, 0.3) is 5.69 Å². The predicted molar refractivity (Wildman–Crippen MR) is 75.6 cm³/mol. The van der Waals surface area contributed by atoms with E-state index in [0.717, 1.165) is 12.1 Å². The Morgan fingerprint density at radius 1 is 1.25 bits per heavy atom. The van der Waals surface area contributed by atoms with Gasteiger partial charge in [0, 0.05) is 18.2 Å². The van der Waals surface area contributed by atoms with Gasteiger partial charge in [-0.05, 0) is 42.8 Å². The Morgan fingerprint density at radius 2 is 1.95 bits per heavy atom. The summed E-state index contributed by atoms with van der Waals surface area (Å²) in [5.41, 5.74) is 0.591. The molecule has 0 aliphatic carbocycles. The molecule has 0 atom stereocenters. The van der Waals surface area contributed by atoms with Crippen LogP contribution in [0.5, 0.6) is 0 Å². The van der Waals surface area contributed by atoms with E-state index in [4.69, 9.17) is 0 Å². The third-order valence-electron chi connectivity index (χ3n) is 2.64. The molecule has 1 N–H and O–H groups in total. The second-order valence-corrected chi connectivity index (χ2v) is 6.31. The smallest absolute Gasteiger partial charge is 0.150 e. The summed E-state index contributed by atoms with van der Waals surface area (Å²) < 4.78 is 28.9. The van der Waals surface area contributed by atoms with E-state index in [1.807, 2.05) is 20.8 Å². The molecule has 0 spiro atoms. The fraction of sp³-hybridized carbons (Fsp3) is 0.385. The molecule has 0 saturated carbocycles. The molecule has 20 heavy (non-hydrogen) atoms. The number of rotatable bonds is 3. The third kappa shape index (κ3) is 3.40. The molecule has 0 unspecified atom stereocenters. The van der Waals surface area contributed by atoms with Crippen molar-refractivity contribution in [3.05, 3.63) is 40.1 Å². The highest BCUT2D eigenvalue weighted by Gasteiger charge is 2.16. The van der Waals surface area contributed by atoms with Crippen LogP contribution in [0.15, 0.2) is 22.8 Å². The highest BCUT2D eigenvalue weighted by Crippen LogP contribution is 2.23. The highest BCUT2D eigenvalue weighted by atomic mass is 79.9. The van der Waals surface area contributed by atoms with Crippen LogP contribution >= 0.6 is 15.9 Å². The monoisotopic (exact) mass is 344 g/mol. The van der Waals surface area contributed by atoms with E-state index in [0.29, 0.717) is 12.2 Å². The summed E-state index contributed by atoms with van der Waals surface area (Å²) >= 11 is 2.95. The summed E-state index contributed by atoms with van der Waals surface area (Å²) in [5.74, 6) is -1.12. The minimum Gasteiger partial charge on any atom is -0.306 e. The average molecular weight is 345 g/mol. The molecule has 0 radical (unpaired) electrons. The number of nitrogens with one attached hydrogen (secondary N) is 1. The lowest BCUT2D eigenvalue weighted by atomic mass is 10.1. The lowest BCUT2D eigenvalue weighted by Crippen LogP contribution is -2.35. The lowest BCUT2D eigenvalue weighted by molar-refractivity contribution is 0.417. The Balaban J connectivity index is 2.35. The third-order valence-corrected chi connectivity index (χ3v) is 3.25. The molecular weight excluding hydrogens is 330 g/mol. The molecule has 0 amide bonds. The number of benzene rings is 1. The lowest BCUT2D eigenvalue weighted by Gasteiger charge is -2.20. The minimum absolute atomic E-state index is 0.0360. The molecule has 0 fully saturated rings. The Bertz CT molecular complexity index is 619. The zero-order valence-corrected chi connectivity index (χ0v) is 13.0. The molecule has 0 aliphatic rings. The Labute approximate surface area is 124 Å². The van der Waals surface area contributed by atoms with Gasteiger partial charge in [0.25, 0.3) is 0 Å². The summed E-state index contributed by atoms with van der Waals surface area (Å²) in [4.78, 5) is 0. The first-order valence-corrected chi connectivity index (χ1v) is 6.87. The van der Waals surface area contributed by atoms with Gasteiger partial charge >= 0.3 is 0 Å². The molecule has 1 aromatic heterocycles. The number of nitrogens with zero attached hydrogens (tertiary/aromatic N) is 3. The van der Waals surface area contributed by atoms with E-state index in [-0.39, 0.29) is 15.7 Å². The zero-order valence-electron chi connectivity index (χ0n) is 11.4. The van der Waals surface area contributed by atoms with E-state index in [2.05, 4.69) is 31.6 Å². The van der Waals surface area contributed by atoms with Crippen LogP contribution in [0.2, 0.25) is 0 Å². The minimum atomic E-state index is -0.569. The maximum Gasteiger partial charge on any atom is 0.150 e. The van der Waals surface area contributed by atoms with Gasteiger partial charge in [-0.25, -0.2) is 13.5 Å². The maximum absolute atomic E-state index is 13.9. The molecule has 0 saturated heterocycles. The van der Waals surface area contributed by atoms with E-state index in [9.17, 15) is 8.78 Å². The number of hydrogen-bond acceptors (Lipinski definition) is 3. The van der Waals surface area contributed by atoms with Gasteiger partial charge < -0.3 is 5.32 Å². The molecular formula is C13H15BrF2N4. The van der Waals surface area contributed by atoms with Gasteiger partial charge in [-0.15, -0.1) is 5.10 Å². The second-order valence-electron chi connectivity index (χ2n) is 5.46. The van der Waals surface area contributed by atoms with Crippen molar-refractivity contribution in [2.75, 3.05) is 0 Å². The quantitative estimate of drug-likeness (QED) is 0.869. The highest BCUT2D eigenvalue weighted by molar-refractivity contribution is 9.10. The van der Waals surface area contributed by atoms with E-state index in [1.54, 1.807) is 0 Å². The van der Waals surface area contributed by atoms with Crippen molar-refractivity contribution in [1.82, 2.24) is 20.3 Å². The van der Waals surface area contributed by atoms with Crippen LogP contribution < -0.4 is 5.32 Å². The second kappa shape index (κ2) is 5.57. The van der Waals surface area contributed by atoms with E-state index >= 15 is 0 Å². The Hall–Kier alpha value is -1.34. The van der Waals surface area contributed by atoms with Crippen molar-refractivity contribution >= 4 is 15.9 Å². The van der Waals surface area contributed by atoms with E-state index in [1.165, 1.54) is 10.9 Å². The van der Waals surface area contributed by atoms with Crippen molar-refractivity contribution in [3.63, 3.8) is 0 Å². The van der Waals surface area contributed by atoms with Crippen molar-refractivity contribution in [2.45, 2.75) is 32.9 Å². The van der Waals surface area contributed by atoms with Crippen molar-refractivity contribution in [2.24, 2.45) is 0 Å². The molecule has 2 aromatic rings. The first kappa shape index (κ1) is 15.1. The topological polar surface area (TPSA) is 42.7 Å². The molecule has 2 rings (SSSR count). The first-order valence-electron chi connectivity index (χ1n) is 6.07. The normalized spacial score (nSPS) is 11.9. The van der Waals surface area contributed by atoms with Crippen LogP contribution in [0.1, 0.15) is 26.5 Å². The predicted octanol–water partition coefficient (Wildman–Crippen LogP) is 3.20. The van der Waals surface area contributed by atoms with Gasteiger partial charge in [0.2, 0.25) is 0 Å². The molecule has 1 heterocycles. The van der Waals surface area contributed by atoms with Crippen LogP contribution in [0.3, 0.4) is 0 Å². The SMILES string of the molecule is CC(C)(C)NCc1cnnn1-c1cc(F)c(Br)cc1F. The Kier molecular flexibility index (Phi) is 4.19. The number of aromatic nitrogens is 3. The van der Waals surface area contributed by atoms with Gasteiger partial charge in [-0.2, -0.15) is 0 Å². The van der Waals surface area contributed by atoms with Crippen LogP contribution in [0, 0.1) is 11.6 Å². The van der Waals surface area contributed by atoms with E-state index < -0.39 is 11.6 Å². The largest absolute Gasteiger partial charge is 0.306 e. The van der Waals surface area contributed by atoms with Gasteiger partial charge in [-0.3, -0.25) is 0 Å². The first-order chi connectivity index (χ1) is 9.28. The van der Waals surface area contributed by atoms with Crippen LogP contribution in [-0.2, 0) is 6.54 Å². The fourth-order valence-electron chi connectivity index (χ4n) is 1.61. The maximum atomic E-state index is 13.9. The summed E-state index contributed by atoms with van der Waals surface area (Å²) in [6, 6.07) is 2.17. The molecule has 4 nitrogen and oxygen atoms in total. The van der Waals surface area contributed by atoms with Gasteiger partial charge in [-0.1, -0.05) is 5.21 Å². The molecule has 0 aliphatic heterocycles. The van der Waals surface area contributed by atoms with Crippen molar-refractivity contribution in [1.29, 1.82) is 0 Å². The van der Waals surface area contributed by atoms with Crippen molar-refractivity contribution in [3.8, 4) is 5.69 Å². The number of hydrogen-bond donors (Lipinski definition) is 1. The molecule has 0 bridgehead atoms. The van der Waals surface area contributed by atoms with Gasteiger partial charge in [0.05, 0.1) is 16.4 Å². The summed E-state index contributed by atoms with van der Waals surface area (Å²) in [7, 11) is 0. The van der Waals surface area contributed by atoms with Gasteiger partial charge in [0.1, 0.15) is 17.3 Å². The zero-order chi connectivity index (χ0) is 14.9. The van der Waals surface area contributed by atoms with Crippen LogP contribution in [0.4, 0.5) is 8.78 Å². The summed E-state index contributed by atoms with van der Waals surface area (Å²) in [6.45, 7) is 6.50. The average Bonchev–Trinajstić information content (AvgIpc) is 2.78. The van der Waals surface area contributed by atoms with Crippen LogP contribution in [-0.4, -0.2) is 20.5 Å². The molecule has 108 valence electrons. The molecule has 1 aromatic carbocycles. The number of halogens is 3. The Morgan fingerprint density at radius 3 is 2.60 bits per heavy atom. The van der Waals surface area contributed by atoms with Gasteiger partial charge in [0.15, 0.2) is 0 Å². The standard InChI is InChI=1S/C13H15BrF2N4/c1-13(2,3)17-6-8-7-18-19-20(8)12-5-10(15)9(14)4-11(12)16/h4-5,7,17H,6H2,1-3H3. The summed E-state index contributed by atoms with van der Waals surface area (Å²) in [5, 5.41) is 10.8. The fourth-order valence-corrected chi connectivity index (χ4v) is 1.93. The summed E-state index contributed by atoms with van der Waals surface area (Å²) in [6.07, 6.45) is 1.53. The van der Waals surface area contributed by atoms with Crippen molar-refractivity contribution < 1.29 is 8.78 Å². The molecule has 7 heteroatoms.